The van der Waals surface area contributed by atoms with Crippen molar-refractivity contribution in [2.24, 2.45) is 0 Å². The van der Waals surface area contributed by atoms with Gasteiger partial charge >= 0.3 is 0 Å². The van der Waals surface area contributed by atoms with E-state index in [9.17, 15) is 15.0 Å². The minimum atomic E-state index is -1.09. The van der Waals surface area contributed by atoms with Gasteiger partial charge in [0.05, 0.1) is 12.0 Å². The lowest BCUT2D eigenvalue weighted by Crippen LogP contribution is -2.38. The molecule has 4 heterocycles. The van der Waals surface area contributed by atoms with Crippen LogP contribution in [0, 0.1) is 6.92 Å². The first-order valence-corrected chi connectivity index (χ1v) is 12.7. The van der Waals surface area contributed by atoms with Crippen molar-refractivity contribution in [3.8, 4) is 0 Å². The van der Waals surface area contributed by atoms with Gasteiger partial charge in [-0.05, 0) is 57.6 Å². The average Bonchev–Trinajstić information content (AvgIpc) is 3.54. The van der Waals surface area contributed by atoms with Crippen LogP contribution in [0.3, 0.4) is 0 Å². The molecule has 0 aromatic carbocycles. The smallest absolute Gasteiger partial charge is 0.165 e. The molecule has 0 unspecified atom stereocenters. The van der Waals surface area contributed by atoms with Crippen molar-refractivity contribution in [1.29, 1.82) is 0 Å². The molecule has 1 fully saturated rings. The number of nitrogens with zero attached hydrogens (tertiary/aromatic N) is 5. The first-order chi connectivity index (χ1) is 16.4. The number of hydrogen-bond acceptors (Lipinski definition) is 9. The standard InChI is InChI=1S/C24H33N5O4S/c1-16-20-23(26-14-25-16)29(15-27-20)24-22(32)21(31)19(33-24)13-28(2)11-4-3-7-17(30)8-5-9-18-10-6-12-34-18/h6,10,12,14-15,19,21-22,24,31-32H,3-5,7-9,11,13H2,1-2H3/t19-,21-,22-,24-/m1/s1. The number of carbonyl (C=O) groups is 1. The zero-order valence-corrected chi connectivity index (χ0v) is 20.5. The van der Waals surface area contributed by atoms with E-state index in [1.54, 1.807) is 22.2 Å². The minimum Gasteiger partial charge on any atom is -0.387 e. The van der Waals surface area contributed by atoms with Gasteiger partial charge in [0.1, 0.15) is 35.9 Å². The van der Waals surface area contributed by atoms with Gasteiger partial charge in [-0.1, -0.05) is 6.07 Å². The predicted octanol–water partition coefficient (Wildman–Crippen LogP) is 2.51. The number of unbranched alkanes of at least 4 members (excludes halogenated alkanes) is 1. The highest BCUT2D eigenvalue weighted by atomic mass is 32.1. The summed E-state index contributed by atoms with van der Waals surface area (Å²) in [5.41, 5.74) is 1.96. The van der Waals surface area contributed by atoms with E-state index in [2.05, 4.69) is 31.3 Å². The molecule has 4 atom stereocenters. The van der Waals surface area contributed by atoms with Gasteiger partial charge < -0.3 is 19.8 Å². The summed E-state index contributed by atoms with van der Waals surface area (Å²) in [7, 11) is 1.96. The van der Waals surface area contributed by atoms with E-state index < -0.39 is 24.5 Å². The minimum absolute atomic E-state index is 0.325. The molecule has 0 aliphatic carbocycles. The summed E-state index contributed by atoms with van der Waals surface area (Å²) >= 11 is 1.74. The van der Waals surface area contributed by atoms with Crippen LogP contribution < -0.4 is 0 Å². The fraction of sp³-hybridized carbons (Fsp3) is 0.583. The lowest BCUT2D eigenvalue weighted by Gasteiger charge is -2.22. The third-order valence-corrected chi connectivity index (χ3v) is 7.29. The van der Waals surface area contributed by atoms with Crippen LogP contribution in [0.2, 0.25) is 0 Å². The number of likely N-dealkylation sites (N-methyl/N-ethyl adjacent to an activating group) is 1. The van der Waals surface area contributed by atoms with E-state index >= 15 is 0 Å². The number of rotatable bonds is 12. The number of ketones is 1. The van der Waals surface area contributed by atoms with E-state index in [1.807, 2.05) is 20.0 Å². The van der Waals surface area contributed by atoms with Gasteiger partial charge in [-0.15, -0.1) is 11.3 Å². The van der Waals surface area contributed by atoms with Gasteiger partial charge in [0.25, 0.3) is 0 Å². The molecule has 2 N–H and O–H groups in total. The van der Waals surface area contributed by atoms with Gasteiger partial charge in [0, 0.05) is 24.3 Å². The van der Waals surface area contributed by atoms with Crippen LogP contribution in [-0.2, 0) is 16.0 Å². The number of aryl methyl sites for hydroxylation is 2. The number of aliphatic hydroxyl groups is 2. The Morgan fingerprint density at radius 2 is 2.00 bits per heavy atom. The van der Waals surface area contributed by atoms with Crippen molar-refractivity contribution in [3.05, 3.63) is 40.7 Å². The normalized spacial score (nSPS) is 22.7. The second kappa shape index (κ2) is 11.5. The van der Waals surface area contributed by atoms with Crippen LogP contribution >= 0.6 is 11.3 Å². The summed E-state index contributed by atoms with van der Waals surface area (Å²) < 4.78 is 7.69. The molecule has 3 aromatic heterocycles. The Bertz CT molecular complexity index is 1070. The van der Waals surface area contributed by atoms with Crippen LogP contribution in [0.15, 0.2) is 30.2 Å². The molecule has 0 amide bonds. The van der Waals surface area contributed by atoms with Gasteiger partial charge in [-0.25, -0.2) is 15.0 Å². The SMILES string of the molecule is Cc1ncnc2c1ncn2[C@@H]1O[C@H](CN(C)CCCCC(=O)CCCc2cccs2)[C@@H](O)[C@H]1O. The van der Waals surface area contributed by atoms with Gasteiger partial charge in [0.2, 0.25) is 0 Å². The first kappa shape index (κ1) is 24.9. The molecule has 184 valence electrons. The lowest BCUT2D eigenvalue weighted by atomic mass is 10.1. The van der Waals surface area contributed by atoms with E-state index in [0.29, 0.717) is 36.3 Å². The third-order valence-electron chi connectivity index (χ3n) is 6.35. The van der Waals surface area contributed by atoms with Crippen LogP contribution in [0.4, 0.5) is 0 Å². The fourth-order valence-corrected chi connectivity index (χ4v) is 5.16. The summed E-state index contributed by atoms with van der Waals surface area (Å²) in [6.07, 6.45) is 4.50. The number of thiophene rings is 1. The summed E-state index contributed by atoms with van der Waals surface area (Å²) in [6, 6.07) is 4.16. The number of hydrogen-bond donors (Lipinski definition) is 2. The molecule has 0 spiro atoms. The van der Waals surface area contributed by atoms with Crippen molar-refractivity contribution in [2.75, 3.05) is 20.1 Å². The van der Waals surface area contributed by atoms with E-state index in [4.69, 9.17) is 4.74 Å². The Morgan fingerprint density at radius 1 is 1.18 bits per heavy atom. The zero-order chi connectivity index (χ0) is 24.1. The largest absolute Gasteiger partial charge is 0.387 e. The van der Waals surface area contributed by atoms with Crippen molar-refractivity contribution < 1.29 is 19.7 Å². The van der Waals surface area contributed by atoms with Crippen molar-refractivity contribution in [1.82, 2.24) is 24.4 Å². The quantitative estimate of drug-likeness (QED) is 0.375. The Hall–Kier alpha value is -2.24. The molecule has 1 aliphatic rings. The molecule has 3 aromatic rings. The monoisotopic (exact) mass is 487 g/mol. The highest BCUT2D eigenvalue weighted by Gasteiger charge is 2.44. The van der Waals surface area contributed by atoms with Gasteiger partial charge in [-0.3, -0.25) is 9.36 Å². The van der Waals surface area contributed by atoms with Crippen molar-refractivity contribution in [2.45, 2.75) is 70.0 Å². The number of imidazole rings is 1. The molecule has 0 radical (unpaired) electrons. The topological polar surface area (TPSA) is 114 Å². The zero-order valence-electron chi connectivity index (χ0n) is 19.7. The molecular weight excluding hydrogens is 454 g/mol. The third kappa shape index (κ3) is 5.87. The molecule has 4 rings (SSSR count). The van der Waals surface area contributed by atoms with Gasteiger partial charge in [0.15, 0.2) is 11.9 Å². The Morgan fingerprint density at radius 3 is 2.79 bits per heavy atom. The summed E-state index contributed by atoms with van der Waals surface area (Å²) in [5.74, 6) is 0.325. The average molecular weight is 488 g/mol. The Labute approximate surface area is 203 Å². The molecule has 9 nitrogen and oxygen atoms in total. The van der Waals surface area contributed by atoms with Gasteiger partial charge in [-0.2, -0.15) is 0 Å². The maximum absolute atomic E-state index is 12.1. The molecular formula is C24H33N5O4S. The van der Waals surface area contributed by atoms with Crippen molar-refractivity contribution in [3.63, 3.8) is 0 Å². The van der Waals surface area contributed by atoms with E-state index in [-0.39, 0.29) is 0 Å². The maximum atomic E-state index is 12.1. The van der Waals surface area contributed by atoms with Crippen LogP contribution in [0.25, 0.3) is 11.2 Å². The molecule has 0 bridgehead atoms. The first-order valence-electron chi connectivity index (χ1n) is 11.8. The molecule has 34 heavy (non-hydrogen) atoms. The highest BCUT2D eigenvalue weighted by Crippen LogP contribution is 2.32. The second-order valence-electron chi connectivity index (χ2n) is 9.02. The number of aliphatic hydroxyl groups excluding tert-OH is 2. The summed E-state index contributed by atoms with van der Waals surface area (Å²) in [4.78, 5) is 28.3. The van der Waals surface area contributed by atoms with E-state index in [0.717, 1.165) is 37.9 Å². The second-order valence-corrected chi connectivity index (χ2v) is 10.1. The van der Waals surface area contributed by atoms with Crippen LogP contribution in [-0.4, -0.2) is 78.9 Å². The number of carbonyl (C=O) groups excluding carboxylic acids is 1. The molecule has 1 saturated heterocycles. The predicted molar refractivity (Wildman–Crippen MR) is 130 cm³/mol. The number of ether oxygens (including phenoxy) is 1. The van der Waals surface area contributed by atoms with Crippen molar-refractivity contribution >= 4 is 28.3 Å². The summed E-state index contributed by atoms with van der Waals surface area (Å²) in [6.45, 7) is 3.11. The number of fused-ring (bicyclic) bond motifs is 1. The van der Waals surface area contributed by atoms with Crippen LogP contribution in [0.5, 0.6) is 0 Å². The maximum Gasteiger partial charge on any atom is 0.165 e. The van der Waals surface area contributed by atoms with E-state index in [1.165, 1.54) is 11.2 Å². The lowest BCUT2D eigenvalue weighted by molar-refractivity contribution is -0.119. The number of Topliss-reactive ketones (excluding diaryl/α,β-unsaturated/α-hetero) is 1. The highest BCUT2D eigenvalue weighted by molar-refractivity contribution is 7.09. The molecule has 0 saturated carbocycles. The Balaban J connectivity index is 1.19. The summed E-state index contributed by atoms with van der Waals surface area (Å²) in [5, 5.41) is 23.3. The number of aromatic nitrogens is 4. The van der Waals surface area contributed by atoms with Crippen LogP contribution in [0.1, 0.15) is 48.9 Å². The molecule has 10 heteroatoms. The molecule has 1 aliphatic heterocycles. The Kier molecular flexibility index (Phi) is 8.38. The fourth-order valence-electron chi connectivity index (χ4n) is 4.41.